The predicted octanol–water partition coefficient (Wildman–Crippen LogP) is 5.01. The molecule has 1 aromatic carbocycles. The number of esters is 1. The SMILES string of the molecule is CCOC(=O)c1[nH]c(C)c(C(=O)/C=C/c2ccc(Cl)cc2Cl)c1C. The van der Waals surface area contributed by atoms with Gasteiger partial charge in [-0.05, 0) is 56.2 Å². The van der Waals surface area contributed by atoms with Crippen LogP contribution in [0.1, 0.15) is 44.6 Å². The number of ketones is 1. The molecule has 0 unspecified atom stereocenters. The molecule has 0 bridgehead atoms. The average molecular weight is 366 g/mol. The molecule has 24 heavy (non-hydrogen) atoms. The molecule has 2 aromatic rings. The zero-order valence-electron chi connectivity index (χ0n) is 13.6. The van der Waals surface area contributed by atoms with Gasteiger partial charge in [0.15, 0.2) is 5.78 Å². The predicted molar refractivity (Wildman–Crippen MR) is 96.0 cm³/mol. The number of ether oxygens (including phenoxy) is 1. The Morgan fingerprint density at radius 3 is 2.58 bits per heavy atom. The van der Waals surface area contributed by atoms with E-state index < -0.39 is 5.97 Å². The van der Waals surface area contributed by atoms with Gasteiger partial charge >= 0.3 is 5.97 Å². The lowest BCUT2D eigenvalue weighted by atomic mass is 10.0. The van der Waals surface area contributed by atoms with E-state index in [2.05, 4.69) is 4.98 Å². The number of hydrogen-bond acceptors (Lipinski definition) is 3. The van der Waals surface area contributed by atoms with E-state index in [4.69, 9.17) is 27.9 Å². The van der Waals surface area contributed by atoms with E-state index in [1.807, 2.05) is 0 Å². The molecule has 1 heterocycles. The number of carbonyl (C=O) groups excluding carboxylic acids is 2. The molecule has 0 amide bonds. The van der Waals surface area contributed by atoms with Crippen LogP contribution < -0.4 is 0 Å². The zero-order valence-corrected chi connectivity index (χ0v) is 15.1. The second-order valence-corrected chi connectivity index (χ2v) is 6.05. The molecule has 0 aliphatic carbocycles. The highest BCUT2D eigenvalue weighted by molar-refractivity contribution is 6.35. The Morgan fingerprint density at radius 2 is 1.96 bits per heavy atom. The van der Waals surface area contributed by atoms with Crippen molar-refractivity contribution in [2.75, 3.05) is 6.61 Å². The molecule has 0 fully saturated rings. The highest BCUT2D eigenvalue weighted by Gasteiger charge is 2.21. The van der Waals surface area contributed by atoms with E-state index in [1.54, 1.807) is 45.0 Å². The van der Waals surface area contributed by atoms with Crippen LogP contribution in [0, 0.1) is 13.8 Å². The van der Waals surface area contributed by atoms with Crippen LogP contribution in [0.15, 0.2) is 24.3 Å². The number of H-pyrrole nitrogens is 1. The van der Waals surface area contributed by atoms with E-state index in [1.165, 1.54) is 6.08 Å². The minimum atomic E-state index is -0.470. The van der Waals surface area contributed by atoms with Gasteiger partial charge in [-0.15, -0.1) is 0 Å². The van der Waals surface area contributed by atoms with Gasteiger partial charge in [-0.3, -0.25) is 4.79 Å². The maximum Gasteiger partial charge on any atom is 0.355 e. The van der Waals surface area contributed by atoms with Crippen molar-refractivity contribution in [2.24, 2.45) is 0 Å². The second-order valence-electron chi connectivity index (χ2n) is 5.21. The third kappa shape index (κ3) is 3.89. The summed E-state index contributed by atoms with van der Waals surface area (Å²) >= 11 is 11.9. The molecule has 126 valence electrons. The molecule has 0 aliphatic rings. The number of hydrogen-bond donors (Lipinski definition) is 1. The number of allylic oxidation sites excluding steroid dienone is 1. The van der Waals surface area contributed by atoms with Gasteiger partial charge in [0, 0.05) is 21.3 Å². The van der Waals surface area contributed by atoms with Crippen molar-refractivity contribution in [1.29, 1.82) is 0 Å². The van der Waals surface area contributed by atoms with Crippen molar-refractivity contribution >= 4 is 41.0 Å². The monoisotopic (exact) mass is 365 g/mol. The molecule has 0 aliphatic heterocycles. The van der Waals surface area contributed by atoms with Crippen LogP contribution in [0.4, 0.5) is 0 Å². The summed E-state index contributed by atoms with van der Waals surface area (Å²) in [6, 6.07) is 5.04. The Hall–Kier alpha value is -2.04. The maximum absolute atomic E-state index is 12.5. The fourth-order valence-electron chi connectivity index (χ4n) is 2.41. The van der Waals surface area contributed by atoms with E-state index in [9.17, 15) is 9.59 Å². The third-order valence-corrected chi connectivity index (χ3v) is 4.10. The highest BCUT2D eigenvalue weighted by atomic mass is 35.5. The lowest BCUT2D eigenvalue weighted by Gasteiger charge is -2.01. The number of aromatic amines is 1. The molecule has 6 heteroatoms. The average Bonchev–Trinajstić information content (AvgIpc) is 2.81. The summed E-state index contributed by atoms with van der Waals surface area (Å²) in [4.78, 5) is 27.3. The van der Waals surface area contributed by atoms with Gasteiger partial charge in [-0.2, -0.15) is 0 Å². The Balaban J connectivity index is 2.30. The zero-order chi connectivity index (χ0) is 17.9. The van der Waals surface area contributed by atoms with Gasteiger partial charge < -0.3 is 9.72 Å². The van der Waals surface area contributed by atoms with Crippen LogP contribution in [0.25, 0.3) is 6.08 Å². The molecule has 0 spiro atoms. The molecule has 0 atom stereocenters. The summed E-state index contributed by atoms with van der Waals surface area (Å²) in [5.41, 5.74) is 2.64. The number of carbonyl (C=O) groups is 2. The van der Waals surface area contributed by atoms with Gasteiger partial charge in [-0.1, -0.05) is 29.3 Å². The summed E-state index contributed by atoms with van der Waals surface area (Å²) in [5, 5.41) is 0.987. The van der Waals surface area contributed by atoms with Crippen LogP contribution in [-0.4, -0.2) is 23.3 Å². The van der Waals surface area contributed by atoms with Crippen molar-refractivity contribution in [2.45, 2.75) is 20.8 Å². The van der Waals surface area contributed by atoms with E-state index in [0.717, 1.165) is 0 Å². The molecule has 2 rings (SSSR count). The van der Waals surface area contributed by atoms with E-state index >= 15 is 0 Å². The Bertz CT molecular complexity index is 822. The molecular weight excluding hydrogens is 349 g/mol. The fraction of sp³-hybridized carbons (Fsp3) is 0.222. The van der Waals surface area contributed by atoms with Gasteiger partial charge in [-0.25, -0.2) is 4.79 Å². The Morgan fingerprint density at radius 1 is 1.25 bits per heavy atom. The van der Waals surface area contributed by atoms with E-state index in [-0.39, 0.29) is 12.4 Å². The first-order valence-corrected chi connectivity index (χ1v) is 8.14. The largest absolute Gasteiger partial charge is 0.461 e. The topological polar surface area (TPSA) is 59.2 Å². The van der Waals surface area contributed by atoms with Gasteiger partial charge in [0.2, 0.25) is 0 Å². The van der Waals surface area contributed by atoms with Crippen LogP contribution in [0.5, 0.6) is 0 Å². The number of rotatable bonds is 5. The highest BCUT2D eigenvalue weighted by Crippen LogP contribution is 2.23. The number of benzene rings is 1. The first-order valence-electron chi connectivity index (χ1n) is 7.38. The quantitative estimate of drug-likeness (QED) is 0.460. The smallest absolute Gasteiger partial charge is 0.355 e. The van der Waals surface area contributed by atoms with Crippen molar-refractivity contribution in [3.8, 4) is 0 Å². The Labute approximate surface area is 150 Å². The summed E-state index contributed by atoms with van der Waals surface area (Å²) in [6.07, 6.45) is 3.05. The van der Waals surface area contributed by atoms with Crippen molar-refractivity contribution < 1.29 is 14.3 Å². The number of nitrogens with one attached hydrogen (secondary N) is 1. The molecule has 0 radical (unpaired) electrons. The number of halogens is 2. The van der Waals surface area contributed by atoms with Crippen molar-refractivity contribution in [3.63, 3.8) is 0 Å². The molecule has 1 N–H and O–H groups in total. The normalized spacial score (nSPS) is 11.0. The minimum Gasteiger partial charge on any atom is -0.461 e. The summed E-state index contributed by atoms with van der Waals surface area (Å²) in [7, 11) is 0. The standard InChI is InChI=1S/C18H17Cl2NO3/c1-4-24-18(23)17-10(2)16(11(3)21-17)15(22)8-6-12-5-7-13(19)9-14(12)20/h5-9,21H,4H2,1-3H3/b8-6+. The maximum atomic E-state index is 12.5. The minimum absolute atomic E-state index is 0.220. The van der Waals surface area contributed by atoms with Crippen molar-refractivity contribution in [1.82, 2.24) is 4.98 Å². The van der Waals surface area contributed by atoms with Crippen LogP contribution in [0.3, 0.4) is 0 Å². The van der Waals surface area contributed by atoms with Crippen LogP contribution >= 0.6 is 23.2 Å². The fourth-order valence-corrected chi connectivity index (χ4v) is 2.88. The first kappa shape index (κ1) is 18.3. The van der Waals surface area contributed by atoms with Crippen molar-refractivity contribution in [3.05, 3.63) is 62.4 Å². The molecular formula is C18H17Cl2NO3. The molecule has 0 saturated heterocycles. The van der Waals surface area contributed by atoms with E-state index in [0.29, 0.717) is 38.1 Å². The van der Waals surface area contributed by atoms with Gasteiger partial charge in [0.1, 0.15) is 5.69 Å². The lowest BCUT2D eigenvalue weighted by molar-refractivity contribution is 0.0519. The summed E-state index contributed by atoms with van der Waals surface area (Å²) < 4.78 is 4.98. The van der Waals surface area contributed by atoms with Gasteiger partial charge in [0.25, 0.3) is 0 Å². The second kappa shape index (κ2) is 7.69. The molecule has 0 saturated carbocycles. The summed E-state index contributed by atoms with van der Waals surface area (Å²) in [5.74, 6) is -0.690. The molecule has 1 aromatic heterocycles. The van der Waals surface area contributed by atoms with Crippen LogP contribution in [0.2, 0.25) is 10.0 Å². The lowest BCUT2D eigenvalue weighted by Crippen LogP contribution is -2.07. The third-order valence-electron chi connectivity index (χ3n) is 3.54. The number of aryl methyl sites for hydroxylation is 1. The van der Waals surface area contributed by atoms with Gasteiger partial charge in [0.05, 0.1) is 6.61 Å². The summed E-state index contributed by atoms with van der Waals surface area (Å²) in [6.45, 7) is 5.46. The molecule has 4 nitrogen and oxygen atoms in total. The van der Waals surface area contributed by atoms with Crippen LogP contribution in [-0.2, 0) is 4.74 Å². The number of aromatic nitrogens is 1. The first-order chi connectivity index (χ1) is 11.3. The Kier molecular flexibility index (Phi) is 5.86.